The van der Waals surface area contributed by atoms with Crippen molar-refractivity contribution in [2.24, 2.45) is 0 Å². The summed E-state index contributed by atoms with van der Waals surface area (Å²) < 4.78 is 5.18. The van der Waals surface area contributed by atoms with Crippen LogP contribution in [0.3, 0.4) is 0 Å². The van der Waals surface area contributed by atoms with Gasteiger partial charge < -0.3 is 9.84 Å². The SMILES string of the molecule is COc1cccc(C(O)c2cc(C)c(Cl)cc2C)c1. The number of benzene rings is 2. The van der Waals surface area contributed by atoms with Crippen molar-refractivity contribution in [1.82, 2.24) is 0 Å². The van der Waals surface area contributed by atoms with E-state index in [1.807, 2.05) is 50.2 Å². The minimum Gasteiger partial charge on any atom is -0.497 e. The monoisotopic (exact) mass is 276 g/mol. The molecule has 2 rings (SSSR count). The van der Waals surface area contributed by atoms with E-state index < -0.39 is 6.10 Å². The van der Waals surface area contributed by atoms with Gasteiger partial charge in [-0.1, -0.05) is 29.8 Å². The van der Waals surface area contributed by atoms with Crippen molar-refractivity contribution in [1.29, 1.82) is 0 Å². The molecule has 0 aromatic heterocycles. The second-order valence-corrected chi connectivity index (χ2v) is 5.04. The van der Waals surface area contributed by atoms with Gasteiger partial charge in [0.15, 0.2) is 0 Å². The smallest absolute Gasteiger partial charge is 0.119 e. The molecule has 0 bridgehead atoms. The van der Waals surface area contributed by atoms with Gasteiger partial charge in [-0.2, -0.15) is 0 Å². The summed E-state index contributed by atoms with van der Waals surface area (Å²) in [6.45, 7) is 3.88. The maximum atomic E-state index is 10.5. The average Bonchev–Trinajstić information content (AvgIpc) is 2.42. The van der Waals surface area contributed by atoms with Gasteiger partial charge in [0.2, 0.25) is 0 Å². The Kier molecular flexibility index (Phi) is 4.13. The van der Waals surface area contributed by atoms with Crippen LogP contribution in [0.4, 0.5) is 0 Å². The Bertz CT molecular complexity index is 593. The standard InChI is InChI=1S/C16H17ClO2/c1-10-8-15(17)11(2)7-14(10)16(18)12-5-4-6-13(9-12)19-3/h4-9,16,18H,1-3H3. The Hall–Kier alpha value is -1.51. The summed E-state index contributed by atoms with van der Waals surface area (Å²) in [5.41, 5.74) is 3.62. The summed E-state index contributed by atoms with van der Waals surface area (Å²) in [5.74, 6) is 0.736. The molecule has 0 aliphatic heterocycles. The fraction of sp³-hybridized carbons (Fsp3) is 0.250. The van der Waals surface area contributed by atoms with E-state index in [0.717, 1.165) is 33.0 Å². The molecule has 1 atom stereocenters. The summed E-state index contributed by atoms with van der Waals surface area (Å²) in [4.78, 5) is 0. The molecular weight excluding hydrogens is 260 g/mol. The van der Waals surface area contributed by atoms with Crippen LogP contribution in [-0.4, -0.2) is 12.2 Å². The Morgan fingerprint density at radius 3 is 2.53 bits per heavy atom. The molecule has 2 aromatic rings. The van der Waals surface area contributed by atoms with Crippen LogP contribution in [0, 0.1) is 13.8 Å². The lowest BCUT2D eigenvalue weighted by Gasteiger charge is -2.16. The average molecular weight is 277 g/mol. The van der Waals surface area contributed by atoms with Crippen molar-refractivity contribution < 1.29 is 9.84 Å². The van der Waals surface area contributed by atoms with Crippen LogP contribution in [0.5, 0.6) is 5.75 Å². The van der Waals surface area contributed by atoms with Crippen LogP contribution < -0.4 is 4.74 Å². The zero-order chi connectivity index (χ0) is 14.0. The molecule has 0 aliphatic rings. The molecule has 2 aromatic carbocycles. The van der Waals surface area contributed by atoms with Crippen molar-refractivity contribution in [3.05, 3.63) is 63.7 Å². The highest BCUT2D eigenvalue weighted by Crippen LogP contribution is 2.30. The number of halogens is 1. The fourth-order valence-corrected chi connectivity index (χ4v) is 2.31. The fourth-order valence-electron chi connectivity index (χ4n) is 2.09. The topological polar surface area (TPSA) is 29.5 Å². The Labute approximate surface area is 118 Å². The molecular formula is C16H17ClO2. The Morgan fingerprint density at radius 2 is 1.84 bits per heavy atom. The number of ether oxygens (including phenoxy) is 1. The molecule has 3 heteroatoms. The lowest BCUT2D eigenvalue weighted by Crippen LogP contribution is -2.03. The highest BCUT2D eigenvalue weighted by molar-refractivity contribution is 6.31. The number of aryl methyl sites for hydroxylation is 2. The molecule has 0 saturated heterocycles. The molecule has 1 unspecified atom stereocenters. The van der Waals surface area contributed by atoms with Crippen LogP contribution in [0.2, 0.25) is 5.02 Å². The van der Waals surface area contributed by atoms with Crippen molar-refractivity contribution >= 4 is 11.6 Å². The summed E-state index contributed by atoms with van der Waals surface area (Å²) >= 11 is 6.08. The van der Waals surface area contributed by atoms with E-state index >= 15 is 0 Å². The molecule has 0 heterocycles. The summed E-state index contributed by atoms with van der Waals surface area (Å²) in [5, 5.41) is 11.2. The second-order valence-electron chi connectivity index (χ2n) is 4.64. The van der Waals surface area contributed by atoms with Crippen molar-refractivity contribution in [3.8, 4) is 5.75 Å². The first-order valence-electron chi connectivity index (χ1n) is 6.11. The molecule has 0 spiro atoms. The van der Waals surface area contributed by atoms with Crippen molar-refractivity contribution in [2.45, 2.75) is 20.0 Å². The van der Waals surface area contributed by atoms with Gasteiger partial charge >= 0.3 is 0 Å². The predicted octanol–water partition coefficient (Wildman–Crippen LogP) is 4.05. The van der Waals surface area contributed by atoms with E-state index in [1.54, 1.807) is 7.11 Å². The van der Waals surface area contributed by atoms with Gasteiger partial charge in [-0.3, -0.25) is 0 Å². The molecule has 0 saturated carbocycles. The van der Waals surface area contributed by atoms with Gasteiger partial charge in [0.25, 0.3) is 0 Å². The Morgan fingerprint density at radius 1 is 1.11 bits per heavy atom. The largest absolute Gasteiger partial charge is 0.497 e. The highest BCUT2D eigenvalue weighted by atomic mass is 35.5. The van der Waals surface area contributed by atoms with Gasteiger partial charge in [0.05, 0.1) is 7.11 Å². The van der Waals surface area contributed by atoms with E-state index in [2.05, 4.69) is 0 Å². The van der Waals surface area contributed by atoms with Crippen molar-refractivity contribution in [2.75, 3.05) is 7.11 Å². The minimum absolute atomic E-state index is 0.675. The number of aliphatic hydroxyl groups is 1. The van der Waals surface area contributed by atoms with E-state index in [4.69, 9.17) is 16.3 Å². The molecule has 0 fully saturated rings. The molecule has 0 aliphatic carbocycles. The zero-order valence-corrected chi connectivity index (χ0v) is 12.0. The van der Waals surface area contributed by atoms with Gasteiger partial charge in [-0.15, -0.1) is 0 Å². The third kappa shape index (κ3) is 2.91. The van der Waals surface area contributed by atoms with E-state index in [-0.39, 0.29) is 0 Å². The number of methoxy groups -OCH3 is 1. The molecule has 19 heavy (non-hydrogen) atoms. The van der Waals surface area contributed by atoms with Crippen molar-refractivity contribution in [3.63, 3.8) is 0 Å². The first-order valence-corrected chi connectivity index (χ1v) is 6.49. The van der Waals surface area contributed by atoms with Crippen LogP contribution in [0.1, 0.15) is 28.4 Å². The van der Waals surface area contributed by atoms with E-state index in [1.165, 1.54) is 0 Å². The van der Waals surface area contributed by atoms with Crippen LogP contribution >= 0.6 is 11.6 Å². The first kappa shape index (κ1) is 13.9. The maximum absolute atomic E-state index is 10.5. The van der Waals surface area contributed by atoms with Gasteiger partial charge in [0.1, 0.15) is 11.9 Å². The number of rotatable bonds is 3. The lowest BCUT2D eigenvalue weighted by atomic mass is 9.96. The summed E-state index contributed by atoms with van der Waals surface area (Å²) in [6, 6.07) is 11.3. The number of hydrogen-bond donors (Lipinski definition) is 1. The minimum atomic E-state index is -0.675. The number of aliphatic hydroxyl groups excluding tert-OH is 1. The van der Waals surface area contributed by atoms with Gasteiger partial charge in [-0.05, 0) is 54.3 Å². The van der Waals surface area contributed by atoms with Crippen LogP contribution in [0.25, 0.3) is 0 Å². The molecule has 100 valence electrons. The second kappa shape index (κ2) is 5.64. The number of hydrogen-bond acceptors (Lipinski definition) is 2. The molecule has 0 radical (unpaired) electrons. The van der Waals surface area contributed by atoms with Gasteiger partial charge in [0, 0.05) is 5.02 Å². The highest BCUT2D eigenvalue weighted by Gasteiger charge is 2.15. The first-order chi connectivity index (χ1) is 9.02. The third-order valence-corrected chi connectivity index (χ3v) is 3.66. The van der Waals surface area contributed by atoms with Gasteiger partial charge in [-0.25, -0.2) is 0 Å². The van der Waals surface area contributed by atoms with Crippen LogP contribution in [0.15, 0.2) is 36.4 Å². The predicted molar refractivity (Wildman–Crippen MR) is 78.0 cm³/mol. The molecule has 2 nitrogen and oxygen atoms in total. The van der Waals surface area contributed by atoms with Crippen LogP contribution in [-0.2, 0) is 0 Å². The maximum Gasteiger partial charge on any atom is 0.119 e. The quantitative estimate of drug-likeness (QED) is 0.916. The third-order valence-electron chi connectivity index (χ3n) is 3.25. The van der Waals surface area contributed by atoms with E-state index in [0.29, 0.717) is 0 Å². The van der Waals surface area contributed by atoms with E-state index in [9.17, 15) is 5.11 Å². The normalized spacial score (nSPS) is 12.3. The zero-order valence-electron chi connectivity index (χ0n) is 11.3. The molecule has 0 amide bonds. The lowest BCUT2D eigenvalue weighted by molar-refractivity contribution is 0.219. The molecule has 1 N–H and O–H groups in total. The summed E-state index contributed by atoms with van der Waals surface area (Å²) in [6.07, 6.45) is -0.675. The summed E-state index contributed by atoms with van der Waals surface area (Å²) in [7, 11) is 1.61. The Balaban J connectivity index is 2.43.